The largest absolute Gasteiger partial charge is 0.496 e. The second kappa shape index (κ2) is 6.75. The Morgan fingerprint density at radius 1 is 1.25 bits per heavy atom. The second-order valence-corrected chi connectivity index (χ2v) is 5.33. The van der Waals surface area contributed by atoms with Crippen LogP contribution in [0.2, 0.25) is 0 Å². The maximum Gasteiger partial charge on any atom is 0.125 e. The van der Waals surface area contributed by atoms with Crippen molar-refractivity contribution < 1.29 is 9.13 Å². The third-order valence-electron chi connectivity index (χ3n) is 3.18. The van der Waals surface area contributed by atoms with E-state index < -0.39 is 0 Å². The van der Waals surface area contributed by atoms with E-state index >= 15 is 0 Å². The van der Waals surface area contributed by atoms with Crippen molar-refractivity contribution in [2.45, 2.75) is 19.4 Å². The van der Waals surface area contributed by atoms with E-state index in [9.17, 15) is 4.39 Å². The molecule has 0 saturated heterocycles. The summed E-state index contributed by atoms with van der Waals surface area (Å²) in [5.41, 5.74) is 1.80. The van der Waals surface area contributed by atoms with Gasteiger partial charge in [0.1, 0.15) is 11.6 Å². The molecule has 2 aromatic carbocycles. The molecule has 0 heterocycles. The average Bonchev–Trinajstić information content (AvgIpc) is 2.48. The summed E-state index contributed by atoms with van der Waals surface area (Å²) in [5, 5.41) is 3.36. The number of ether oxygens (including phenoxy) is 1. The highest BCUT2D eigenvalue weighted by atomic mass is 79.9. The molecule has 4 heteroatoms. The molecule has 0 saturated carbocycles. The van der Waals surface area contributed by atoms with Gasteiger partial charge in [-0.25, -0.2) is 4.39 Å². The Labute approximate surface area is 127 Å². The van der Waals surface area contributed by atoms with Gasteiger partial charge in [0, 0.05) is 10.0 Å². The van der Waals surface area contributed by atoms with Crippen molar-refractivity contribution in [3.8, 4) is 5.75 Å². The number of halogens is 2. The smallest absolute Gasteiger partial charge is 0.125 e. The Hall–Kier alpha value is -1.55. The van der Waals surface area contributed by atoms with Crippen LogP contribution in [0.5, 0.6) is 5.75 Å². The van der Waals surface area contributed by atoms with Gasteiger partial charge in [-0.15, -0.1) is 0 Å². The van der Waals surface area contributed by atoms with Gasteiger partial charge >= 0.3 is 0 Å². The first-order valence-corrected chi connectivity index (χ1v) is 7.29. The number of methoxy groups -OCH3 is 1. The molecule has 0 aromatic heterocycles. The van der Waals surface area contributed by atoms with Gasteiger partial charge in [-0.05, 0) is 46.6 Å². The maximum absolute atomic E-state index is 13.4. The van der Waals surface area contributed by atoms with E-state index in [1.54, 1.807) is 13.2 Å². The molecule has 0 radical (unpaired) electrons. The third kappa shape index (κ3) is 3.31. The molecule has 2 rings (SSSR count). The van der Waals surface area contributed by atoms with Crippen molar-refractivity contribution >= 4 is 21.6 Å². The van der Waals surface area contributed by atoms with Gasteiger partial charge in [0.2, 0.25) is 0 Å². The van der Waals surface area contributed by atoms with Gasteiger partial charge in [0.15, 0.2) is 0 Å². The highest BCUT2D eigenvalue weighted by Crippen LogP contribution is 2.32. The predicted molar refractivity (Wildman–Crippen MR) is 83.7 cm³/mol. The highest BCUT2D eigenvalue weighted by molar-refractivity contribution is 9.10. The molecular weight excluding hydrogens is 321 g/mol. The minimum atomic E-state index is -0.259. The number of para-hydroxylation sites is 1. The number of rotatable bonds is 5. The number of anilines is 1. The van der Waals surface area contributed by atoms with Gasteiger partial charge in [-0.2, -0.15) is 0 Å². The average molecular weight is 338 g/mol. The Balaban J connectivity index is 2.31. The van der Waals surface area contributed by atoms with Crippen molar-refractivity contribution in [2.75, 3.05) is 12.4 Å². The first kappa shape index (κ1) is 14.9. The lowest BCUT2D eigenvalue weighted by atomic mass is 10.0. The standard InChI is InChI=1S/C16H17BrFNO/c1-3-14(12-6-4-5-7-16(12)20-2)19-15-10-11(18)8-9-13(15)17/h4-10,14,19H,3H2,1-2H3. The van der Waals surface area contributed by atoms with E-state index in [1.165, 1.54) is 12.1 Å². The van der Waals surface area contributed by atoms with E-state index in [0.717, 1.165) is 27.9 Å². The summed E-state index contributed by atoms with van der Waals surface area (Å²) in [7, 11) is 1.66. The number of hydrogen-bond donors (Lipinski definition) is 1. The van der Waals surface area contributed by atoms with Crippen molar-refractivity contribution in [1.29, 1.82) is 0 Å². The lowest BCUT2D eigenvalue weighted by molar-refractivity contribution is 0.406. The number of hydrogen-bond acceptors (Lipinski definition) is 2. The predicted octanol–water partition coefficient (Wildman–Crippen LogP) is 5.16. The van der Waals surface area contributed by atoms with Crippen LogP contribution in [0.15, 0.2) is 46.9 Å². The molecule has 2 aromatic rings. The van der Waals surface area contributed by atoms with Crippen molar-refractivity contribution in [2.24, 2.45) is 0 Å². The Morgan fingerprint density at radius 2 is 2.00 bits per heavy atom. The molecule has 0 aliphatic carbocycles. The highest BCUT2D eigenvalue weighted by Gasteiger charge is 2.15. The van der Waals surface area contributed by atoms with E-state index in [4.69, 9.17) is 4.74 Å². The Bertz CT molecular complexity index is 588. The van der Waals surface area contributed by atoms with Crippen LogP contribution in [0.25, 0.3) is 0 Å². The van der Waals surface area contributed by atoms with Gasteiger partial charge < -0.3 is 10.1 Å². The van der Waals surface area contributed by atoms with Crippen molar-refractivity contribution in [3.63, 3.8) is 0 Å². The van der Waals surface area contributed by atoms with E-state index in [0.29, 0.717) is 0 Å². The fourth-order valence-electron chi connectivity index (χ4n) is 2.15. The zero-order valence-electron chi connectivity index (χ0n) is 11.5. The van der Waals surface area contributed by atoms with Crippen molar-refractivity contribution in [1.82, 2.24) is 0 Å². The van der Waals surface area contributed by atoms with Gasteiger partial charge in [-0.3, -0.25) is 0 Å². The summed E-state index contributed by atoms with van der Waals surface area (Å²) in [6, 6.07) is 12.5. The molecule has 0 fully saturated rings. The second-order valence-electron chi connectivity index (χ2n) is 4.47. The summed E-state index contributed by atoms with van der Waals surface area (Å²) in [5.74, 6) is 0.574. The summed E-state index contributed by atoms with van der Waals surface area (Å²) in [6.07, 6.45) is 0.864. The van der Waals surface area contributed by atoms with Crippen LogP contribution in [0.3, 0.4) is 0 Å². The normalized spacial score (nSPS) is 12.0. The fourth-order valence-corrected chi connectivity index (χ4v) is 2.51. The minimum absolute atomic E-state index is 0.0595. The number of nitrogens with one attached hydrogen (secondary N) is 1. The van der Waals surface area contributed by atoms with E-state index in [-0.39, 0.29) is 11.9 Å². The van der Waals surface area contributed by atoms with E-state index in [2.05, 4.69) is 28.2 Å². The lowest BCUT2D eigenvalue weighted by Crippen LogP contribution is -2.11. The topological polar surface area (TPSA) is 21.3 Å². The van der Waals surface area contributed by atoms with Crippen LogP contribution in [0.4, 0.5) is 10.1 Å². The third-order valence-corrected chi connectivity index (χ3v) is 3.87. The summed E-state index contributed by atoms with van der Waals surface area (Å²) < 4.78 is 19.6. The molecule has 1 unspecified atom stereocenters. The Morgan fingerprint density at radius 3 is 2.70 bits per heavy atom. The molecule has 20 heavy (non-hydrogen) atoms. The first-order chi connectivity index (χ1) is 9.65. The fraction of sp³-hybridized carbons (Fsp3) is 0.250. The van der Waals surface area contributed by atoms with Crippen LogP contribution >= 0.6 is 15.9 Å². The van der Waals surface area contributed by atoms with Crippen LogP contribution in [-0.4, -0.2) is 7.11 Å². The molecule has 0 amide bonds. The SMILES string of the molecule is CCC(Nc1cc(F)ccc1Br)c1ccccc1OC. The van der Waals surface area contributed by atoms with Gasteiger partial charge in [-0.1, -0.05) is 25.1 Å². The molecule has 0 spiro atoms. The molecule has 2 nitrogen and oxygen atoms in total. The minimum Gasteiger partial charge on any atom is -0.496 e. The monoisotopic (exact) mass is 337 g/mol. The molecule has 0 aliphatic rings. The van der Waals surface area contributed by atoms with Crippen LogP contribution in [0.1, 0.15) is 24.9 Å². The van der Waals surface area contributed by atoms with E-state index in [1.807, 2.05) is 24.3 Å². The van der Waals surface area contributed by atoms with Crippen LogP contribution < -0.4 is 10.1 Å². The Kier molecular flexibility index (Phi) is 5.01. The van der Waals surface area contributed by atoms with Crippen LogP contribution in [0, 0.1) is 5.82 Å². The zero-order valence-corrected chi connectivity index (χ0v) is 13.1. The van der Waals surface area contributed by atoms with Crippen LogP contribution in [-0.2, 0) is 0 Å². The molecule has 1 N–H and O–H groups in total. The van der Waals surface area contributed by atoms with Gasteiger partial charge in [0.05, 0.1) is 18.8 Å². The summed E-state index contributed by atoms with van der Waals surface area (Å²) in [6.45, 7) is 2.08. The maximum atomic E-state index is 13.4. The summed E-state index contributed by atoms with van der Waals surface area (Å²) in [4.78, 5) is 0. The quantitative estimate of drug-likeness (QED) is 0.813. The molecule has 106 valence electrons. The van der Waals surface area contributed by atoms with Crippen molar-refractivity contribution in [3.05, 3.63) is 58.3 Å². The molecular formula is C16H17BrFNO. The van der Waals surface area contributed by atoms with Gasteiger partial charge in [0.25, 0.3) is 0 Å². The zero-order chi connectivity index (χ0) is 14.5. The molecule has 1 atom stereocenters. The summed E-state index contributed by atoms with van der Waals surface area (Å²) >= 11 is 3.44. The molecule has 0 bridgehead atoms. The lowest BCUT2D eigenvalue weighted by Gasteiger charge is -2.21. The number of benzene rings is 2. The first-order valence-electron chi connectivity index (χ1n) is 6.50. The molecule has 0 aliphatic heterocycles.